The molecule has 0 saturated heterocycles. The van der Waals surface area contributed by atoms with Crippen LogP contribution in [0.5, 0.6) is 0 Å². The predicted octanol–water partition coefficient (Wildman–Crippen LogP) is 1.79. The minimum absolute atomic E-state index is 0.655. The van der Waals surface area contributed by atoms with Gasteiger partial charge in [0.05, 0.1) is 6.61 Å². The van der Waals surface area contributed by atoms with Crippen LogP contribution in [0.25, 0.3) is 0 Å². The Hall–Kier alpha value is -0.450. The molecule has 3 nitrogen and oxygen atoms in total. The van der Waals surface area contributed by atoms with Gasteiger partial charge in [-0.2, -0.15) is 0 Å². The molecule has 0 aliphatic carbocycles. The summed E-state index contributed by atoms with van der Waals surface area (Å²) in [5.74, 6) is 0. The Balaban J connectivity index is 2.31. The second-order valence-corrected chi connectivity index (χ2v) is 4.00. The summed E-state index contributed by atoms with van der Waals surface area (Å²) >= 11 is 1.71. The zero-order valence-electron chi connectivity index (χ0n) is 8.17. The minimum atomic E-state index is 0.655. The molecule has 0 spiro atoms. The lowest BCUT2D eigenvalue weighted by Gasteiger charge is -1.97. The van der Waals surface area contributed by atoms with Crippen molar-refractivity contribution in [2.24, 2.45) is 0 Å². The van der Waals surface area contributed by atoms with E-state index >= 15 is 0 Å². The molecular weight excluding hydrogens is 184 g/mol. The van der Waals surface area contributed by atoms with Crippen LogP contribution in [0.3, 0.4) is 0 Å². The largest absolute Gasteiger partial charge is 0.374 e. The highest BCUT2D eigenvalue weighted by molar-refractivity contribution is 7.11. The third-order valence-electron chi connectivity index (χ3n) is 1.53. The van der Waals surface area contributed by atoms with Gasteiger partial charge in [-0.3, -0.25) is 0 Å². The Labute approximate surface area is 83.1 Å². The summed E-state index contributed by atoms with van der Waals surface area (Å²) in [6.45, 7) is 4.48. The topological polar surface area (TPSA) is 34.1 Å². The molecule has 1 rings (SSSR count). The maximum atomic E-state index is 5.39. The first-order valence-corrected chi connectivity index (χ1v) is 5.34. The molecule has 4 heteroatoms. The third kappa shape index (κ3) is 3.85. The van der Waals surface area contributed by atoms with Gasteiger partial charge in [-0.05, 0) is 13.5 Å². The van der Waals surface area contributed by atoms with Crippen molar-refractivity contribution in [2.45, 2.75) is 26.5 Å². The fourth-order valence-electron chi connectivity index (χ4n) is 0.975. The van der Waals surface area contributed by atoms with Crippen LogP contribution in [-0.2, 0) is 17.9 Å². The number of rotatable bonds is 6. The Morgan fingerprint density at radius 2 is 2.46 bits per heavy atom. The van der Waals surface area contributed by atoms with Crippen LogP contribution in [-0.4, -0.2) is 18.6 Å². The molecule has 74 valence electrons. The zero-order valence-corrected chi connectivity index (χ0v) is 8.99. The van der Waals surface area contributed by atoms with Gasteiger partial charge in [0.15, 0.2) is 0 Å². The Morgan fingerprint density at radius 1 is 1.62 bits per heavy atom. The Kier molecular flexibility index (Phi) is 4.97. The predicted molar refractivity (Wildman–Crippen MR) is 54.8 cm³/mol. The normalized spacial score (nSPS) is 10.6. The summed E-state index contributed by atoms with van der Waals surface area (Å²) in [6, 6.07) is 0. The van der Waals surface area contributed by atoms with Crippen molar-refractivity contribution in [3.63, 3.8) is 0 Å². The number of aromatic nitrogens is 1. The van der Waals surface area contributed by atoms with E-state index in [4.69, 9.17) is 4.74 Å². The van der Waals surface area contributed by atoms with Crippen LogP contribution in [0.4, 0.5) is 0 Å². The number of nitrogens with zero attached hydrogens (tertiary/aromatic N) is 1. The lowest BCUT2D eigenvalue weighted by molar-refractivity contribution is 0.121. The van der Waals surface area contributed by atoms with Crippen molar-refractivity contribution >= 4 is 11.3 Å². The van der Waals surface area contributed by atoms with Crippen molar-refractivity contribution in [1.82, 2.24) is 10.3 Å². The van der Waals surface area contributed by atoms with Crippen molar-refractivity contribution in [1.29, 1.82) is 0 Å². The molecule has 1 heterocycles. The molecule has 0 atom stereocenters. The van der Waals surface area contributed by atoms with Crippen molar-refractivity contribution in [3.05, 3.63) is 16.1 Å². The lowest BCUT2D eigenvalue weighted by Crippen LogP contribution is -2.02. The molecule has 0 aliphatic heterocycles. The molecule has 1 aromatic heterocycles. The molecule has 0 bridgehead atoms. The Morgan fingerprint density at radius 3 is 3.15 bits per heavy atom. The van der Waals surface area contributed by atoms with Gasteiger partial charge in [0.25, 0.3) is 0 Å². The van der Waals surface area contributed by atoms with Crippen LogP contribution >= 0.6 is 11.3 Å². The van der Waals surface area contributed by atoms with Gasteiger partial charge in [0, 0.05) is 24.2 Å². The van der Waals surface area contributed by atoms with Gasteiger partial charge in [0.1, 0.15) is 5.01 Å². The van der Waals surface area contributed by atoms with Gasteiger partial charge >= 0.3 is 0 Å². The highest BCUT2D eigenvalue weighted by atomic mass is 32.1. The quantitative estimate of drug-likeness (QED) is 0.711. The van der Waals surface area contributed by atoms with Gasteiger partial charge in [-0.25, -0.2) is 4.98 Å². The van der Waals surface area contributed by atoms with E-state index in [1.54, 1.807) is 11.3 Å². The second-order valence-electron chi connectivity index (χ2n) is 2.80. The first-order chi connectivity index (χ1) is 6.36. The van der Waals surface area contributed by atoms with E-state index < -0.39 is 0 Å². The summed E-state index contributed by atoms with van der Waals surface area (Å²) in [5, 5.41) is 4.16. The zero-order chi connectivity index (χ0) is 9.52. The third-order valence-corrected chi connectivity index (χ3v) is 2.50. The summed E-state index contributed by atoms with van der Waals surface area (Å²) < 4.78 is 5.39. The van der Waals surface area contributed by atoms with Gasteiger partial charge < -0.3 is 10.1 Å². The number of hydrogen-bond acceptors (Lipinski definition) is 4. The minimum Gasteiger partial charge on any atom is -0.374 e. The molecule has 13 heavy (non-hydrogen) atoms. The van der Waals surface area contributed by atoms with Crippen LogP contribution < -0.4 is 5.32 Å². The van der Waals surface area contributed by atoms with Gasteiger partial charge in [0.2, 0.25) is 0 Å². The SMILES string of the molecule is CCCOCc1ncc(CNC)s1. The van der Waals surface area contributed by atoms with Crippen molar-refractivity contribution < 1.29 is 4.74 Å². The lowest BCUT2D eigenvalue weighted by atomic mass is 10.5. The monoisotopic (exact) mass is 200 g/mol. The molecule has 0 fully saturated rings. The van der Waals surface area contributed by atoms with E-state index in [1.807, 2.05) is 13.2 Å². The van der Waals surface area contributed by atoms with Crippen LogP contribution in [0, 0.1) is 0 Å². The number of ether oxygens (including phenoxy) is 1. The molecule has 1 aromatic rings. The fraction of sp³-hybridized carbons (Fsp3) is 0.667. The first kappa shape index (κ1) is 10.6. The molecular formula is C9H16N2OS. The number of thiazole rings is 1. The highest BCUT2D eigenvalue weighted by Gasteiger charge is 2.00. The molecule has 1 N–H and O–H groups in total. The van der Waals surface area contributed by atoms with Gasteiger partial charge in [-0.15, -0.1) is 11.3 Å². The molecule has 0 amide bonds. The summed E-state index contributed by atoms with van der Waals surface area (Å²) in [6.07, 6.45) is 2.97. The fourth-order valence-corrected chi connectivity index (χ4v) is 1.85. The average Bonchev–Trinajstić information content (AvgIpc) is 2.54. The maximum Gasteiger partial charge on any atom is 0.119 e. The van der Waals surface area contributed by atoms with E-state index in [0.717, 1.165) is 24.6 Å². The molecule has 0 aromatic carbocycles. The van der Waals surface area contributed by atoms with Crippen molar-refractivity contribution in [3.8, 4) is 0 Å². The second kappa shape index (κ2) is 6.07. The molecule has 0 radical (unpaired) electrons. The van der Waals surface area contributed by atoms with Crippen molar-refractivity contribution in [2.75, 3.05) is 13.7 Å². The van der Waals surface area contributed by atoms with Crippen LogP contribution in [0.2, 0.25) is 0 Å². The van der Waals surface area contributed by atoms with E-state index in [9.17, 15) is 0 Å². The molecule has 0 saturated carbocycles. The summed E-state index contributed by atoms with van der Waals surface area (Å²) in [7, 11) is 1.94. The maximum absolute atomic E-state index is 5.39. The number of nitrogens with one attached hydrogen (secondary N) is 1. The molecule has 0 unspecified atom stereocenters. The standard InChI is InChI=1S/C9H16N2OS/c1-3-4-12-7-9-11-6-8(13-9)5-10-2/h6,10H,3-5,7H2,1-2H3. The number of hydrogen-bond donors (Lipinski definition) is 1. The highest BCUT2D eigenvalue weighted by Crippen LogP contribution is 2.13. The summed E-state index contributed by atoms with van der Waals surface area (Å²) in [5.41, 5.74) is 0. The van der Waals surface area contributed by atoms with Gasteiger partial charge in [-0.1, -0.05) is 6.92 Å². The molecule has 0 aliphatic rings. The Bertz CT molecular complexity index is 237. The van der Waals surface area contributed by atoms with E-state index in [0.29, 0.717) is 6.61 Å². The van der Waals surface area contributed by atoms with E-state index in [-0.39, 0.29) is 0 Å². The summed E-state index contributed by atoms with van der Waals surface area (Å²) in [4.78, 5) is 5.52. The van der Waals surface area contributed by atoms with E-state index in [2.05, 4.69) is 17.2 Å². The van der Waals surface area contributed by atoms with E-state index in [1.165, 1.54) is 4.88 Å². The average molecular weight is 200 g/mol. The first-order valence-electron chi connectivity index (χ1n) is 4.52. The van der Waals surface area contributed by atoms with Crippen LogP contribution in [0.15, 0.2) is 6.20 Å². The smallest absolute Gasteiger partial charge is 0.119 e. The van der Waals surface area contributed by atoms with Crippen LogP contribution in [0.1, 0.15) is 23.2 Å².